The Kier molecular flexibility index (Phi) is 6.97. The minimum absolute atomic E-state index is 0.232. The molecule has 1 atom stereocenters. The lowest BCUT2D eigenvalue weighted by Gasteiger charge is -2.25. The minimum atomic E-state index is -0.232. The van der Waals surface area contributed by atoms with Crippen molar-refractivity contribution in [2.45, 2.75) is 58.0 Å². The van der Waals surface area contributed by atoms with E-state index in [-0.39, 0.29) is 6.03 Å². The summed E-state index contributed by atoms with van der Waals surface area (Å²) in [5.41, 5.74) is 1.79. The molecule has 6 heteroatoms. The Morgan fingerprint density at radius 2 is 2.00 bits per heavy atom. The second-order valence-electron chi connectivity index (χ2n) is 8.28. The fraction of sp³-hybridized carbons (Fsp3) is 0.417. The monoisotopic (exact) mass is 422 g/mol. The van der Waals surface area contributed by atoms with E-state index in [9.17, 15) is 4.79 Å². The molecule has 1 aromatic carbocycles. The van der Waals surface area contributed by atoms with E-state index < -0.39 is 0 Å². The summed E-state index contributed by atoms with van der Waals surface area (Å²) in [6, 6.07) is 12.2. The normalized spacial score (nSPS) is 15.8. The number of hydrogen-bond donors (Lipinski definition) is 3. The molecule has 0 saturated heterocycles. The molecule has 1 aliphatic rings. The number of aromatic nitrogens is 1. The summed E-state index contributed by atoms with van der Waals surface area (Å²) in [6.45, 7) is 2.95. The van der Waals surface area contributed by atoms with Gasteiger partial charge in [0.15, 0.2) is 0 Å². The lowest BCUT2D eigenvalue weighted by atomic mass is 9.85. The van der Waals surface area contributed by atoms with Crippen LogP contribution in [0, 0.1) is 5.92 Å². The molecular weight excluding hydrogens is 392 g/mol. The average molecular weight is 423 g/mol. The van der Waals surface area contributed by atoms with E-state index in [2.05, 4.69) is 40.0 Å². The first-order chi connectivity index (χ1) is 14.7. The van der Waals surface area contributed by atoms with Crippen LogP contribution in [0.15, 0.2) is 48.8 Å². The third-order valence-electron chi connectivity index (χ3n) is 5.87. The molecule has 5 nitrogen and oxygen atoms in total. The molecule has 4 rings (SSSR count). The molecule has 158 valence electrons. The van der Waals surface area contributed by atoms with Gasteiger partial charge in [0.2, 0.25) is 0 Å². The summed E-state index contributed by atoms with van der Waals surface area (Å²) in [5.74, 6) is 0.847. The van der Waals surface area contributed by atoms with Gasteiger partial charge in [0.1, 0.15) is 0 Å². The standard InChI is InChI=1S/C24H30N4OS/c1-17(13-18-7-3-2-4-8-18)26-16-20-15-25-12-11-21(20)27-24(29)28-23-14-19-9-5-6-10-22(19)30-23/h5-6,9-12,14-15,17-18,26H,2-4,7-8,13,16H2,1H3,(H2,25,27,28,29). The van der Waals surface area contributed by atoms with E-state index in [4.69, 9.17) is 0 Å². The number of nitrogens with one attached hydrogen (secondary N) is 3. The Morgan fingerprint density at radius 3 is 2.83 bits per heavy atom. The molecule has 1 unspecified atom stereocenters. The number of rotatable bonds is 7. The second-order valence-corrected chi connectivity index (χ2v) is 9.37. The fourth-order valence-corrected chi connectivity index (χ4v) is 5.25. The quantitative estimate of drug-likeness (QED) is 0.413. The van der Waals surface area contributed by atoms with Gasteiger partial charge < -0.3 is 10.6 Å². The molecule has 1 saturated carbocycles. The highest BCUT2D eigenvalue weighted by molar-refractivity contribution is 7.22. The van der Waals surface area contributed by atoms with Crippen molar-refractivity contribution in [3.8, 4) is 0 Å². The number of anilines is 2. The van der Waals surface area contributed by atoms with Gasteiger partial charge in [-0.1, -0.05) is 50.3 Å². The van der Waals surface area contributed by atoms with Gasteiger partial charge in [-0.25, -0.2) is 4.79 Å². The van der Waals surface area contributed by atoms with E-state index >= 15 is 0 Å². The predicted octanol–water partition coefficient (Wildman–Crippen LogP) is 6.39. The maximum atomic E-state index is 12.6. The highest BCUT2D eigenvalue weighted by atomic mass is 32.1. The van der Waals surface area contributed by atoms with E-state index in [1.807, 2.05) is 30.5 Å². The summed E-state index contributed by atoms with van der Waals surface area (Å²) in [7, 11) is 0. The zero-order chi connectivity index (χ0) is 20.8. The molecule has 3 N–H and O–H groups in total. The summed E-state index contributed by atoms with van der Waals surface area (Å²) < 4.78 is 1.16. The van der Waals surface area contributed by atoms with E-state index in [0.29, 0.717) is 12.6 Å². The summed E-state index contributed by atoms with van der Waals surface area (Å²) in [5, 5.41) is 11.5. The first-order valence-electron chi connectivity index (χ1n) is 10.9. The van der Waals surface area contributed by atoms with Crippen LogP contribution in [-0.4, -0.2) is 17.1 Å². The molecule has 0 radical (unpaired) electrons. The molecule has 0 aliphatic heterocycles. The van der Waals surface area contributed by atoms with Crippen LogP contribution in [0.5, 0.6) is 0 Å². The zero-order valence-electron chi connectivity index (χ0n) is 17.5. The van der Waals surface area contributed by atoms with Crippen molar-refractivity contribution in [1.29, 1.82) is 0 Å². The average Bonchev–Trinajstić information content (AvgIpc) is 3.16. The van der Waals surface area contributed by atoms with Crippen molar-refractivity contribution in [1.82, 2.24) is 10.3 Å². The Hall–Kier alpha value is -2.44. The van der Waals surface area contributed by atoms with Gasteiger partial charge in [0, 0.05) is 40.9 Å². The lowest BCUT2D eigenvalue weighted by Crippen LogP contribution is -2.29. The number of fused-ring (bicyclic) bond motifs is 1. The summed E-state index contributed by atoms with van der Waals surface area (Å²) in [4.78, 5) is 16.8. The van der Waals surface area contributed by atoms with Gasteiger partial charge in [-0.2, -0.15) is 0 Å². The van der Waals surface area contributed by atoms with Crippen molar-refractivity contribution in [3.63, 3.8) is 0 Å². The van der Waals surface area contributed by atoms with Crippen molar-refractivity contribution >= 4 is 38.1 Å². The molecular formula is C24H30N4OS. The predicted molar refractivity (Wildman–Crippen MR) is 126 cm³/mol. The van der Waals surface area contributed by atoms with Crippen molar-refractivity contribution in [2.24, 2.45) is 5.92 Å². The first-order valence-corrected chi connectivity index (χ1v) is 11.7. The van der Waals surface area contributed by atoms with Gasteiger partial charge in [-0.15, -0.1) is 11.3 Å². The largest absolute Gasteiger partial charge is 0.324 e. The van der Waals surface area contributed by atoms with Gasteiger partial charge in [-0.05, 0) is 42.8 Å². The maximum Gasteiger partial charge on any atom is 0.324 e. The maximum absolute atomic E-state index is 12.6. The Bertz CT molecular complexity index is 947. The van der Waals surface area contributed by atoms with Crippen molar-refractivity contribution in [3.05, 3.63) is 54.4 Å². The number of thiophene rings is 1. The minimum Gasteiger partial charge on any atom is -0.310 e. The highest BCUT2D eigenvalue weighted by Crippen LogP contribution is 2.30. The lowest BCUT2D eigenvalue weighted by molar-refractivity contribution is 0.262. The Labute approximate surface area is 182 Å². The van der Waals surface area contributed by atoms with Crippen LogP contribution in [0.25, 0.3) is 10.1 Å². The van der Waals surface area contributed by atoms with Crippen LogP contribution in [0.3, 0.4) is 0 Å². The van der Waals surface area contributed by atoms with Crippen LogP contribution in [-0.2, 0) is 6.54 Å². The molecule has 0 bridgehead atoms. The first kappa shape index (κ1) is 20.8. The number of nitrogens with zero attached hydrogens (tertiary/aromatic N) is 1. The smallest absolute Gasteiger partial charge is 0.310 e. The van der Waals surface area contributed by atoms with Crippen molar-refractivity contribution < 1.29 is 4.79 Å². The van der Waals surface area contributed by atoms with Crippen LogP contribution >= 0.6 is 11.3 Å². The highest BCUT2D eigenvalue weighted by Gasteiger charge is 2.17. The van der Waals surface area contributed by atoms with Gasteiger partial charge >= 0.3 is 6.03 Å². The number of carbonyl (C=O) groups excluding carboxylic acids is 1. The van der Waals surface area contributed by atoms with Gasteiger partial charge in [0.05, 0.1) is 5.00 Å². The third-order valence-corrected chi connectivity index (χ3v) is 6.90. The number of pyridine rings is 1. The van der Waals surface area contributed by atoms with E-state index in [1.54, 1.807) is 17.5 Å². The van der Waals surface area contributed by atoms with Crippen molar-refractivity contribution in [2.75, 3.05) is 10.6 Å². The number of amides is 2. The molecule has 1 fully saturated rings. The SMILES string of the molecule is CC(CC1CCCCC1)NCc1cnccc1NC(=O)Nc1cc2ccccc2s1. The van der Waals surface area contributed by atoms with Crippen LogP contribution in [0.4, 0.5) is 15.5 Å². The zero-order valence-corrected chi connectivity index (χ0v) is 18.3. The fourth-order valence-electron chi connectivity index (χ4n) is 4.29. The van der Waals surface area contributed by atoms with Crippen LogP contribution in [0.1, 0.15) is 51.0 Å². The number of benzene rings is 1. The molecule has 3 aromatic rings. The summed E-state index contributed by atoms with van der Waals surface area (Å²) in [6.07, 6.45) is 11.6. The Balaban J connectivity index is 1.32. The molecule has 0 spiro atoms. The third kappa shape index (κ3) is 5.58. The molecule has 2 heterocycles. The molecule has 2 amide bonds. The molecule has 1 aliphatic carbocycles. The molecule has 30 heavy (non-hydrogen) atoms. The van der Waals surface area contributed by atoms with E-state index in [1.165, 1.54) is 38.5 Å². The van der Waals surface area contributed by atoms with Gasteiger partial charge in [0.25, 0.3) is 0 Å². The number of hydrogen-bond acceptors (Lipinski definition) is 4. The van der Waals surface area contributed by atoms with Crippen LogP contribution < -0.4 is 16.0 Å². The topological polar surface area (TPSA) is 66.0 Å². The van der Waals surface area contributed by atoms with Crippen LogP contribution in [0.2, 0.25) is 0 Å². The van der Waals surface area contributed by atoms with Gasteiger partial charge in [-0.3, -0.25) is 10.3 Å². The second kappa shape index (κ2) is 10.0. The number of urea groups is 1. The Morgan fingerprint density at radius 1 is 1.17 bits per heavy atom. The number of carbonyl (C=O) groups is 1. The van der Waals surface area contributed by atoms with E-state index in [0.717, 1.165) is 32.3 Å². The summed E-state index contributed by atoms with van der Waals surface area (Å²) >= 11 is 1.57. The molecule has 2 aromatic heterocycles.